The quantitative estimate of drug-likeness (QED) is 0.811. The molecule has 2 aliphatic rings. The van der Waals surface area contributed by atoms with Gasteiger partial charge in [-0.05, 0) is 25.2 Å². The van der Waals surface area contributed by atoms with Gasteiger partial charge in [-0.1, -0.05) is 0 Å². The van der Waals surface area contributed by atoms with E-state index in [0.717, 1.165) is 12.2 Å². The highest BCUT2D eigenvalue weighted by atomic mass is 32.1. The Kier molecular flexibility index (Phi) is 3.50. The van der Waals surface area contributed by atoms with Crippen LogP contribution in [0.2, 0.25) is 0 Å². The van der Waals surface area contributed by atoms with Crippen molar-refractivity contribution < 1.29 is 9.59 Å². The second kappa shape index (κ2) is 5.28. The Hall–Kier alpha value is -1.43. The average molecular weight is 279 g/mol. The van der Waals surface area contributed by atoms with Gasteiger partial charge in [0.1, 0.15) is 6.54 Å². The number of rotatable bonds is 5. The van der Waals surface area contributed by atoms with Crippen LogP contribution < -0.4 is 0 Å². The molecule has 0 radical (unpaired) electrons. The van der Waals surface area contributed by atoms with Gasteiger partial charge in [-0.3, -0.25) is 9.59 Å². The molecule has 2 heterocycles. The monoisotopic (exact) mass is 279 g/mol. The number of amides is 2. The summed E-state index contributed by atoms with van der Waals surface area (Å²) < 4.78 is 0. The Morgan fingerprint density at radius 1 is 1.47 bits per heavy atom. The third kappa shape index (κ3) is 3.12. The van der Waals surface area contributed by atoms with E-state index in [2.05, 4.69) is 4.98 Å². The van der Waals surface area contributed by atoms with E-state index in [1.165, 1.54) is 24.2 Å². The lowest BCUT2D eigenvalue weighted by molar-refractivity contribution is -0.131. The molecule has 1 aliphatic heterocycles. The molecule has 3 rings (SSSR count). The Labute approximate surface area is 116 Å². The van der Waals surface area contributed by atoms with Crippen molar-refractivity contribution in [2.75, 3.05) is 19.8 Å². The fourth-order valence-electron chi connectivity index (χ4n) is 2.29. The number of hydrogen-bond donors (Lipinski definition) is 0. The molecule has 0 unspecified atom stereocenters. The highest BCUT2D eigenvalue weighted by molar-refractivity contribution is 7.07. The smallest absolute Gasteiger partial charge is 0.243 e. The molecule has 5 nitrogen and oxygen atoms in total. The Morgan fingerprint density at radius 2 is 2.32 bits per heavy atom. The molecule has 102 valence electrons. The molecule has 0 spiro atoms. The lowest BCUT2D eigenvalue weighted by Crippen LogP contribution is -2.32. The normalized spacial score (nSPS) is 19.3. The molecule has 1 saturated carbocycles. The molecule has 1 saturated heterocycles. The largest absolute Gasteiger partial charge is 0.323 e. The van der Waals surface area contributed by atoms with Gasteiger partial charge in [0.25, 0.3) is 0 Å². The van der Waals surface area contributed by atoms with Gasteiger partial charge in [0.15, 0.2) is 0 Å². The number of thiazole rings is 1. The molecule has 1 aromatic heterocycles. The summed E-state index contributed by atoms with van der Waals surface area (Å²) in [6.45, 7) is 1.56. The molecule has 2 amide bonds. The summed E-state index contributed by atoms with van der Waals surface area (Å²) >= 11 is 1.54. The van der Waals surface area contributed by atoms with Crippen LogP contribution in [0.3, 0.4) is 0 Å². The highest BCUT2D eigenvalue weighted by Crippen LogP contribution is 2.30. The van der Waals surface area contributed by atoms with E-state index < -0.39 is 0 Å². The molecule has 0 aromatic carbocycles. The predicted octanol–water partition coefficient (Wildman–Crippen LogP) is 1.11. The number of carbonyl (C=O) groups excluding carboxylic acids is 2. The number of carbonyl (C=O) groups is 2. The predicted molar refractivity (Wildman–Crippen MR) is 71.5 cm³/mol. The first-order chi connectivity index (χ1) is 9.22. The maximum atomic E-state index is 12.1. The Bertz CT molecular complexity index is 470. The summed E-state index contributed by atoms with van der Waals surface area (Å²) in [7, 11) is 0. The summed E-state index contributed by atoms with van der Waals surface area (Å²) in [5.74, 6) is 0.822. The summed E-state index contributed by atoms with van der Waals surface area (Å²) in [5, 5.41) is 1.96. The van der Waals surface area contributed by atoms with Gasteiger partial charge in [0.2, 0.25) is 11.8 Å². The number of aryl methyl sites for hydroxylation is 1. The summed E-state index contributed by atoms with van der Waals surface area (Å²) in [4.78, 5) is 31.5. The van der Waals surface area contributed by atoms with Crippen molar-refractivity contribution >= 4 is 23.2 Å². The number of hydrogen-bond acceptors (Lipinski definition) is 4. The molecular weight excluding hydrogens is 262 g/mol. The molecule has 1 aromatic rings. The lowest BCUT2D eigenvalue weighted by atomic mass is 10.2. The van der Waals surface area contributed by atoms with Crippen LogP contribution in [0.15, 0.2) is 10.9 Å². The van der Waals surface area contributed by atoms with Crippen LogP contribution in [0, 0.1) is 5.92 Å². The van der Waals surface area contributed by atoms with Crippen LogP contribution >= 0.6 is 11.3 Å². The second-order valence-electron chi connectivity index (χ2n) is 5.27. The average Bonchev–Trinajstić information content (AvgIpc) is 2.91. The fraction of sp³-hybridized carbons (Fsp3) is 0.615. The van der Waals surface area contributed by atoms with Crippen molar-refractivity contribution in [1.29, 1.82) is 0 Å². The van der Waals surface area contributed by atoms with E-state index >= 15 is 0 Å². The first kappa shape index (κ1) is 12.6. The minimum Gasteiger partial charge on any atom is -0.323 e. The minimum atomic E-state index is 0.0552. The van der Waals surface area contributed by atoms with Crippen LogP contribution in [0.25, 0.3) is 0 Å². The minimum absolute atomic E-state index is 0.0552. The zero-order chi connectivity index (χ0) is 13.2. The first-order valence-corrected chi connectivity index (χ1v) is 7.59. The zero-order valence-corrected chi connectivity index (χ0v) is 11.6. The van der Waals surface area contributed by atoms with Gasteiger partial charge in [-0.2, -0.15) is 0 Å². The molecular formula is C13H17N3O2S. The first-order valence-electron chi connectivity index (χ1n) is 6.65. The van der Waals surface area contributed by atoms with Crippen molar-refractivity contribution in [3.05, 3.63) is 16.6 Å². The van der Waals surface area contributed by atoms with Crippen molar-refractivity contribution in [3.63, 3.8) is 0 Å². The Balaban J connectivity index is 1.48. The Morgan fingerprint density at radius 3 is 3.00 bits per heavy atom. The van der Waals surface area contributed by atoms with Crippen LogP contribution in [0.1, 0.15) is 25.0 Å². The van der Waals surface area contributed by atoms with Crippen LogP contribution in [0.4, 0.5) is 0 Å². The molecule has 0 atom stereocenters. The van der Waals surface area contributed by atoms with Gasteiger partial charge >= 0.3 is 0 Å². The van der Waals surface area contributed by atoms with Crippen molar-refractivity contribution in [1.82, 2.24) is 14.8 Å². The second-order valence-corrected chi connectivity index (χ2v) is 5.99. The number of aromatic nitrogens is 1. The van der Waals surface area contributed by atoms with E-state index in [1.807, 2.05) is 10.3 Å². The molecule has 2 fully saturated rings. The van der Waals surface area contributed by atoms with Gasteiger partial charge in [0, 0.05) is 18.3 Å². The third-order valence-corrected chi connectivity index (χ3v) is 4.26. The number of nitrogens with zero attached hydrogens (tertiary/aromatic N) is 3. The van der Waals surface area contributed by atoms with Crippen LogP contribution in [0.5, 0.6) is 0 Å². The third-order valence-electron chi connectivity index (χ3n) is 3.63. The SMILES string of the molecule is O=C(CCc1cscn1)N1CC(=O)N(CC2CC2)C1. The zero-order valence-electron chi connectivity index (χ0n) is 10.7. The van der Waals surface area contributed by atoms with Crippen molar-refractivity contribution in [2.24, 2.45) is 5.92 Å². The maximum absolute atomic E-state index is 12.1. The van der Waals surface area contributed by atoms with Gasteiger partial charge in [-0.25, -0.2) is 4.98 Å². The van der Waals surface area contributed by atoms with Gasteiger partial charge in [0.05, 0.1) is 17.9 Å². The standard InChI is InChI=1S/C13H17N3O2S/c17-12(4-3-11-7-19-8-14-11)16-6-13(18)15(9-16)5-10-1-2-10/h7-8,10H,1-6,9H2. The van der Waals surface area contributed by atoms with Crippen molar-refractivity contribution in [3.8, 4) is 0 Å². The topological polar surface area (TPSA) is 53.5 Å². The van der Waals surface area contributed by atoms with E-state index in [-0.39, 0.29) is 18.4 Å². The molecule has 1 aliphatic carbocycles. The summed E-state index contributed by atoms with van der Waals surface area (Å²) in [5.41, 5.74) is 2.73. The maximum Gasteiger partial charge on any atom is 0.243 e. The summed E-state index contributed by atoms with van der Waals surface area (Å²) in [6, 6.07) is 0. The van der Waals surface area contributed by atoms with Gasteiger partial charge in [-0.15, -0.1) is 11.3 Å². The highest BCUT2D eigenvalue weighted by Gasteiger charge is 2.34. The van der Waals surface area contributed by atoms with Crippen LogP contribution in [-0.2, 0) is 16.0 Å². The summed E-state index contributed by atoms with van der Waals surface area (Å²) in [6.07, 6.45) is 3.55. The molecule has 0 bridgehead atoms. The molecule has 19 heavy (non-hydrogen) atoms. The van der Waals surface area contributed by atoms with E-state index in [1.54, 1.807) is 10.4 Å². The van der Waals surface area contributed by atoms with Gasteiger partial charge < -0.3 is 9.80 Å². The molecule has 0 N–H and O–H groups in total. The van der Waals surface area contributed by atoms with Crippen LogP contribution in [-0.4, -0.2) is 46.4 Å². The van der Waals surface area contributed by atoms with E-state index in [4.69, 9.17) is 0 Å². The van der Waals surface area contributed by atoms with Crippen molar-refractivity contribution in [2.45, 2.75) is 25.7 Å². The lowest BCUT2D eigenvalue weighted by Gasteiger charge is -2.17. The van der Waals surface area contributed by atoms with E-state index in [9.17, 15) is 9.59 Å². The fourth-order valence-corrected chi connectivity index (χ4v) is 2.88. The van der Waals surface area contributed by atoms with E-state index in [0.29, 0.717) is 25.4 Å². The molecule has 6 heteroatoms.